The maximum atomic E-state index is 11.8. The fourth-order valence-electron chi connectivity index (χ4n) is 1.39. The van der Waals surface area contributed by atoms with E-state index in [9.17, 15) is 9.90 Å². The van der Waals surface area contributed by atoms with Crippen molar-refractivity contribution in [2.45, 2.75) is 26.9 Å². The normalized spacial score (nSPS) is 15.2. The number of rotatable bonds is 4. The zero-order chi connectivity index (χ0) is 12.8. The molecule has 0 radical (unpaired) electrons. The van der Waals surface area contributed by atoms with E-state index in [-0.39, 0.29) is 0 Å². The number of para-hydroxylation sites is 1. The van der Waals surface area contributed by atoms with E-state index < -0.39 is 18.0 Å². The average Bonchev–Trinajstić information content (AvgIpc) is 2.37. The van der Waals surface area contributed by atoms with Gasteiger partial charge in [0.05, 0.1) is 12.0 Å². The second kappa shape index (κ2) is 6.21. The summed E-state index contributed by atoms with van der Waals surface area (Å²) in [6, 6.07) is 8.85. The standard InChI is InChI=1S/C14H18O3/c1-4-10(2)13(15)11(3)14(16)17-12-8-6-5-7-9-12/h4-9,11,13,15H,1-3H3/b10-4+/t11-,13+/m1/s1. The molecule has 0 saturated heterocycles. The average molecular weight is 234 g/mol. The maximum Gasteiger partial charge on any atom is 0.317 e. The maximum absolute atomic E-state index is 11.8. The molecule has 0 unspecified atom stereocenters. The van der Waals surface area contributed by atoms with Gasteiger partial charge in [0, 0.05) is 0 Å². The smallest absolute Gasteiger partial charge is 0.317 e. The third-order valence-electron chi connectivity index (χ3n) is 2.73. The van der Waals surface area contributed by atoms with Crippen molar-refractivity contribution in [1.82, 2.24) is 0 Å². The van der Waals surface area contributed by atoms with Crippen molar-refractivity contribution in [1.29, 1.82) is 0 Å². The molecule has 1 N–H and O–H groups in total. The quantitative estimate of drug-likeness (QED) is 0.495. The Morgan fingerprint density at radius 3 is 2.47 bits per heavy atom. The molecule has 0 heterocycles. The monoisotopic (exact) mass is 234 g/mol. The van der Waals surface area contributed by atoms with Crippen LogP contribution in [0.25, 0.3) is 0 Å². The van der Waals surface area contributed by atoms with Crippen molar-refractivity contribution in [2.24, 2.45) is 5.92 Å². The molecule has 0 saturated carbocycles. The summed E-state index contributed by atoms with van der Waals surface area (Å²) in [6.07, 6.45) is 0.993. The van der Waals surface area contributed by atoms with Crippen LogP contribution in [0, 0.1) is 5.92 Å². The van der Waals surface area contributed by atoms with Crippen LogP contribution >= 0.6 is 0 Å². The molecule has 0 amide bonds. The van der Waals surface area contributed by atoms with E-state index >= 15 is 0 Å². The highest BCUT2D eigenvalue weighted by Crippen LogP contribution is 2.16. The molecule has 1 aromatic rings. The molecule has 3 heteroatoms. The molecule has 2 atom stereocenters. The first kappa shape index (κ1) is 13.5. The lowest BCUT2D eigenvalue weighted by Crippen LogP contribution is -2.30. The molecule has 92 valence electrons. The van der Waals surface area contributed by atoms with E-state index in [0.717, 1.165) is 5.57 Å². The molecule has 0 aromatic heterocycles. The number of carbonyl (C=O) groups excluding carboxylic acids is 1. The van der Waals surface area contributed by atoms with Gasteiger partial charge in [-0.2, -0.15) is 0 Å². The van der Waals surface area contributed by atoms with Crippen LogP contribution in [0.4, 0.5) is 0 Å². The van der Waals surface area contributed by atoms with Crippen LogP contribution in [0.2, 0.25) is 0 Å². The van der Waals surface area contributed by atoms with Gasteiger partial charge in [0.1, 0.15) is 5.75 Å². The summed E-state index contributed by atoms with van der Waals surface area (Å²) in [4.78, 5) is 11.8. The molecule has 0 aliphatic carbocycles. The van der Waals surface area contributed by atoms with E-state index in [1.807, 2.05) is 13.0 Å². The Kier molecular flexibility index (Phi) is 4.91. The molecule has 0 bridgehead atoms. The highest BCUT2D eigenvalue weighted by atomic mass is 16.5. The van der Waals surface area contributed by atoms with Crippen molar-refractivity contribution < 1.29 is 14.6 Å². The Morgan fingerprint density at radius 1 is 1.35 bits per heavy atom. The van der Waals surface area contributed by atoms with Gasteiger partial charge in [0.15, 0.2) is 0 Å². The summed E-state index contributed by atoms with van der Waals surface area (Å²) in [7, 11) is 0. The third-order valence-corrected chi connectivity index (χ3v) is 2.73. The lowest BCUT2D eigenvalue weighted by atomic mass is 9.98. The van der Waals surface area contributed by atoms with Crippen molar-refractivity contribution >= 4 is 5.97 Å². The van der Waals surface area contributed by atoms with Gasteiger partial charge in [0.2, 0.25) is 0 Å². The van der Waals surface area contributed by atoms with Gasteiger partial charge in [0.25, 0.3) is 0 Å². The highest BCUT2D eigenvalue weighted by Gasteiger charge is 2.24. The van der Waals surface area contributed by atoms with Crippen molar-refractivity contribution in [3.63, 3.8) is 0 Å². The predicted octanol–water partition coefficient (Wildman–Crippen LogP) is 2.56. The zero-order valence-electron chi connectivity index (χ0n) is 10.4. The van der Waals surface area contributed by atoms with Crippen LogP contribution < -0.4 is 4.74 Å². The first-order valence-corrected chi connectivity index (χ1v) is 5.64. The Bertz CT molecular complexity index is 395. The summed E-state index contributed by atoms with van der Waals surface area (Å²) in [6.45, 7) is 5.27. The van der Waals surface area contributed by atoms with E-state index in [4.69, 9.17) is 4.74 Å². The number of aliphatic hydroxyl groups is 1. The van der Waals surface area contributed by atoms with Gasteiger partial charge in [-0.15, -0.1) is 0 Å². The first-order chi connectivity index (χ1) is 8.06. The van der Waals surface area contributed by atoms with Crippen molar-refractivity contribution in [2.75, 3.05) is 0 Å². The number of benzene rings is 1. The highest BCUT2D eigenvalue weighted by molar-refractivity contribution is 5.75. The van der Waals surface area contributed by atoms with E-state index in [1.165, 1.54) is 0 Å². The van der Waals surface area contributed by atoms with Crippen LogP contribution in [-0.4, -0.2) is 17.2 Å². The number of carbonyl (C=O) groups is 1. The summed E-state index contributed by atoms with van der Waals surface area (Å²) in [5.74, 6) is -0.508. The number of hydrogen-bond acceptors (Lipinski definition) is 3. The summed E-state index contributed by atoms with van der Waals surface area (Å²) in [5.41, 5.74) is 0.766. The minimum atomic E-state index is -0.795. The van der Waals surface area contributed by atoms with Crippen LogP contribution in [0.5, 0.6) is 5.75 Å². The minimum absolute atomic E-state index is 0.426. The number of esters is 1. The molecule has 3 nitrogen and oxygen atoms in total. The third kappa shape index (κ3) is 3.71. The molecule has 0 spiro atoms. The number of allylic oxidation sites excluding steroid dienone is 1. The number of ether oxygens (including phenoxy) is 1. The largest absolute Gasteiger partial charge is 0.426 e. The first-order valence-electron chi connectivity index (χ1n) is 5.64. The second-order valence-electron chi connectivity index (χ2n) is 4.00. The van der Waals surface area contributed by atoms with Gasteiger partial charge < -0.3 is 9.84 Å². The molecule has 17 heavy (non-hydrogen) atoms. The lowest BCUT2D eigenvalue weighted by Gasteiger charge is -2.18. The van der Waals surface area contributed by atoms with Gasteiger partial charge in [-0.1, -0.05) is 24.3 Å². The van der Waals surface area contributed by atoms with E-state index in [2.05, 4.69) is 0 Å². The Morgan fingerprint density at radius 2 is 1.94 bits per heavy atom. The van der Waals surface area contributed by atoms with E-state index in [1.54, 1.807) is 44.2 Å². The van der Waals surface area contributed by atoms with Gasteiger partial charge in [-0.25, -0.2) is 0 Å². The molecular formula is C14H18O3. The van der Waals surface area contributed by atoms with Crippen molar-refractivity contribution in [3.8, 4) is 5.75 Å². The Labute approximate surface area is 102 Å². The van der Waals surface area contributed by atoms with Gasteiger partial charge >= 0.3 is 5.97 Å². The van der Waals surface area contributed by atoms with Crippen molar-refractivity contribution in [3.05, 3.63) is 42.0 Å². The van der Waals surface area contributed by atoms with Crippen LogP contribution in [0.15, 0.2) is 42.0 Å². The minimum Gasteiger partial charge on any atom is -0.426 e. The number of hydrogen-bond donors (Lipinski definition) is 1. The number of aliphatic hydroxyl groups excluding tert-OH is 1. The van der Waals surface area contributed by atoms with Crippen LogP contribution in [0.3, 0.4) is 0 Å². The van der Waals surface area contributed by atoms with Gasteiger partial charge in [-0.3, -0.25) is 4.79 Å². The van der Waals surface area contributed by atoms with E-state index in [0.29, 0.717) is 5.75 Å². The summed E-state index contributed by atoms with van der Waals surface area (Å²) < 4.78 is 5.17. The van der Waals surface area contributed by atoms with Crippen LogP contribution in [-0.2, 0) is 4.79 Å². The molecule has 0 fully saturated rings. The topological polar surface area (TPSA) is 46.5 Å². The summed E-state index contributed by atoms with van der Waals surface area (Å²) in [5, 5.41) is 9.87. The SMILES string of the molecule is C/C=C(\C)[C@H](O)[C@@H](C)C(=O)Oc1ccccc1. The molecule has 1 aromatic carbocycles. The fraction of sp³-hybridized carbons (Fsp3) is 0.357. The lowest BCUT2D eigenvalue weighted by molar-refractivity contribution is -0.141. The fourth-order valence-corrected chi connectivity index (χ4v) is 1.39. The molecule has 0 aliphatic rings. The molecular weight excluding hydrogens is 216 g/mol. The van der Waals surface area contributed by atoms with Gasteiger partial charge in [-0.05, 0) is 38.5 Å². The Balaban J connectivity index is 2.65. The zero-order valence-corrected chi connectivity index (χ0v) is 10.4. The second-order valence-corrected chi connectivity index (χ2v) is 4.00. The molecule has 0 aliphatic heterocycles. The predicted molar refractivity (Wildman–Crippen MR) is 66.7 cm³/mol. The Hall–Kier alpha value is -1.61. The summed E-state index contributed by atoms with van der Waals surface area (Å²) >= 11 is 0. The molecule has 1 rings (SSSR count). The van der Waals surface area contributed by atoms with Crippen LogP contribution in [0.1, 0.15) is 20.8 Å².